The van der Waals surface area contributed by atoms with Crippen LogP contribution in [0.25, 0.3) is 0 Å². The summed E-state index contributed by atoms with van der Waals surface area (Å²) in [6, 6.07) is 8.40. The number of ether oxygens (including phenoxy) is 1. The lowest BCUT2D eigenvalue weighted by Gasteiger charge is -2.40. The molecule has 21 heavy (non-hydrogen) atoms. The van der Waals surface area contributed by atoms with Crippen LogP contribution in [0, 0.1) is 0 Å². The van der Waals surface area contributed by atoms with E-state index in [1.807, 2.05) is 17.8 Å². The Morgan fingerprint density at radius 1 is 1.43 bits per heavy atom. The Morgan fingerprint density at radius 2 is 2.14 bits per heavy atom. The Kier molecular flexibility index (Phi) is 4.43. The quantitative estimate of drug-likeness (QED) is 0.863. The maximum absolute atomic E-state index is 5.96. The van der Waals surface area contributed by atoms with Crippen molar-refractivity contribution >= 4 is 29.0 Å². The van der Waals surface area contributed by atoms with Crippen molar-refractivity contribution in [2.24, 2.45) is 5.73 Å². The third kappa shape index (κ3) is 2.91. The van der Waals surface area contributed by atoms with Crippen molar-refractivity contribution in [2.45, 2.75) is 23.5 Å². The molecule has 1 atom stereocenters. The van der Waals surface area contributed by atoms with Crippen molar-refractivity contribution in [2.75, 3.05) is 32.5 Å². The summed E-state index contributed by atoms with van der Waals surface area (Å²) in [5, 5.41) is 0. The number of nitrogens with two attached hydrogens (primary N) is 1. The van der Waals surface area contributed by atoms with Crippen LogP contribution < -0.4 is 10.5 Å². The van der Waals surface area contributed by atoms with E-state index in [2.05, 4.69) is 29.4 Å². The Balaban J connectivity index is 1.61. The highest BCUT2D eigenvalue weighted by atomic mass is 32.2. The molecular weight excluding hydrogens is 300 g/mol. The minimum absolute atomic E-state index is 0.00984. The van der Waals surface area contributed by atoms with E-state index in [4.69, 9.17) is 22.7 Å². The largest absolute Gasteiger partial charge is 0.493 e. The van der Waals surface area contributed by atoms with Crippen molar-refractivity contribution in [3.8, 4) is 5.75 Å². The van der Waals surface area contributed by atoms with Gasteiger partial charge in [-0.05, 0) is 38.3 Å². The first-order valence-corrected chi connectivity index (χ1v) is 9.07. The van der Waals surface area contributed by atoms with E-state index in [9.17, 15) is 0 Å². The molecule has 114 valence electrons. The summed E-state index contributed by atoms with van der Waals surface area (Å²) in [6.07, 6.45) is 4.23. The number of piperidine rings is 1. The maximum Gasteiger partial charge on any atom is 0.122 e. The number of fused-ring (bicyclic) bond motifs is 1. The Labute approximate surface area is 136 Å². The van der Waals surface area contributed by atoms with Gasteiger partial charge in [0.1, 0.15) is 5.75 Å². The van der Waals surface area contributed by atoms with E-state index in [1.54, 1.807) is 0 Å². The lowest BCUT2D eigenvalue weighted by Crippen LogP contribution is -2.49. The van der Waals surface area contributed by atoms with Gasteiger partial charge >= 0.3 is 0 Å². The number of nitrogens with zero attached hydrogens (tertiary/aromatic N) is 1. The van der Waals surface area contributed by atoms with Crippen LogP contribution in [-0.2, 0) is 0 Å². The minimum Gasteiger partial charge on any atom is -0.493 e. The van der Waals surface area contributed by atoms with Crippen molar-refractivity contribution in [3.05, 3.63) is 29.8 Å². The molecule has 0 bridgehead atoms. The number of rotatable bonds is 4. The standard InChI is InChI=1S/C16H22N2OS2/c1-21-16(15(17)20)6-8-18(9-7-16)10-12-11-19-14-5-3-2-4-13(12)14/h2-5,12H,6-11H2,1H3,(H2,17,20). The smallest absolute Gasteiger partial charge is 0.122 e. The second-order valence-electron chi connectivity index (χ2n) is 5.91. The molecule has 0 radical (unpaired) electrons. The van der Waals surface area contributed by atoms with E-state index < -0.39 is 0 Å². The SMILES string of the molecule is CSC1(C(N)=S)CCN(CC2COc3ccccc32)CC1. The van der Waals surface area contributed by atoms with Gasteiger partial charge in [-0.1, -0.05) is 30.4 Å². The van der Waals surface area contributed by atoms with Crippen LogP contribution in [0.4, 0.5) is 0 Å². The van der Waals surface area contributed by atoms with Gasteiger partial charge in [-0.15, -0.1) is 0 Å². The summed E-state index contributed by atoms with van der Waals surface area (Å²) in [5.74, 6) is 1.55. The molecule has 1 aromatic carbocycles. The summed E-state index contributed by atoms with van der Waals surface area (Å²) in [4.78, 5) is 3.20. The van der Waals surface area contributed by atoms with Gasteiger partial charge < -0.3 is 15.4 Å². The van der Waals surface area contributed by atoms with Crippen LogP contribution in [0.3, 0.4) is 0 Å². The van der Waals surface area contributed by atoms with Crippen molar-refractivity contribution in [3.63, 3.8) is 0 Å². The lowest BCUT2D eigenvalue weighted by atomic mass is 9.93. The highest BCUT2D eigenvalue weighted by Crippen LogP contribution is 2.37. The van der Waals surface area contributed by atoms with E-state index in [1.165, 1.54) is 5.56 Å². The van der Waals surface area contributed by atoms with Crippen LogP contribution in [0.5, 0.6) is 5.75 Å². The maximum atomic E-state index is 5.96. The molecule has 0 saturated carbocycles. The number of benzene rings is 1. The van der Waals surface area contributed by atoms with Gasteiger partial charge in [0.15, 0.2) is 0 Å². The summed E-state index contributed by atoms with van der Waals surface area (Å²) in [5.41, 5.74) is 7.31. The topological polar surface area (TPSA) is 38.5 Å². The molecule has 3 nitrogen and oxygen atoms in total. The lowest BCUT2D eigenvalue weighted by molar-refractivity contribution is 0.195. The van der Waals surface area contributed by atoms with Crippen molar-refractivity contribution in [1.29, 1.82) is 0 Å². The predicted octanol–water partition coefficient (Wildman–Crippen LogP) is 2.65. The molecule has 0 spiro atoms. The fourth-order valence-electron chi connectivity index (χ4n) is 3.34. The first kappa shape index (κ1) is 15.1. The first-order chi connectivity index (χ1) is 10.1. The van der Waals surface area contributed by atoms with Crippen LogP contribution in [-0.4, -0.2) is 47.1 Å². The molecule has 1 aromatic rings. The second-order valence-corrected chi connectivity index (χ2v) is 7.54. The molecule has 3 rings (SSSR count). The van der Waals surface area contributed by atoms with Crippen molar-refractivity contribution < 1.29 is 4.74 Å². The average Bonchev–Trinajstić information content (AvgIpc) is 2.91. The normalized spacial score (nSPS) is 24.3. The van der Waals surface area contributed by atoms with Crippen molar-refractivity contribution in [1.82, 2.24) is 4.90 Å². The molecule has 1 saturated heterocycles. The molecule has 0 aromatic heterocycles. The fraction of sp³-hybridized carbons (Fsp3) is 0.562. The van der Waals surface area contributed by atoms with Crippen LogP contribution in [0.15, 0.2) is 24.3 Å². The van der Waals surface area contributed by atoms with E-state index in [0.29, 0.717) is 10.9 Å². The van der Waals surface area contributed by atoms with E-state index >= 15 is 0 Å². The molecule has 5 heteroatoms. The van der Waals surface area contributed by atoms with Gasteiger partial charge in [0, 0.05) is 18.0 Å². The number of para-hydroxylation sites is 1. The predicted molar refractivity (Wildman–Crippen MR) is 93.4 cm³/mol. The van der Waals surface area contributed by atoms with Gasteiger partial charge in [-0.2, -0.15) is 11.8 Å². The Hall–Kier alpha value is -0.780. The molecule has 2 heterocycles. The molecule has 2 N–H and O–H groups in total. The zero-order valence-corrected chi connectivity index (χ0v) is 14.0. The summed E-state index contributed by atoms with van der Waals surface area (Å²) in [6.45, 7) is 4.01. The highest BCUT2D eigenvalue weighted by molar-refractivity contribution is 8.02. The number of thiocarbonyl (C=S) groups is 1. The van der Waals surface area contributed by atoms with Crippen LogP contribution in [0.2, 0.25) is 0 Å². The minimum atomic E-state index is 0.00984. The van der Waals surface area contributed by atoms with Gasteiger partial charge in [0.05, 0.1) is 16.3 Å². The monoisotopic (exact) mass is 322 g/mol. The Bertz CT molecular complexity index is 527. The third-order valence-corrected chi connectivity index (χ3v) is 6.71. The molecule has 0 aliphatic carbocycles. The number of thioether (sulfide) groups is 1. The van der Waals surface area contributed by atoms with Crippen LogP contribution in [0.1, 0.15) is 24.3 Å². The fourth-order valence-corrected chi connectivity index (χ4v) is 4.59. The second kappa shape index (κ2) is 6.15. The molecule has 0 amide bonds. The zero-order chi connectivity index (χ0) is 14.9. The summed E-state index contributed by atoms with van der Waals surface area (Å²) < 4.78 is 5.79. The van der Waals surface area contributed by atoms with E-state index in [0.717, 1.165) is 44.8 Å². The van der Waals surface area contributed by atoms with Gasteiger partial charge in [-0.3, -0.25) is 0 Å². The molecule has 1 fully saturated rings. The van der Waals surface area contributed by atoms with Gasteiger partial charge in [0.2, 0.25) is 0 Å². The molecule has 2 aliphatic rings. The zero-order valence-electron chi connectivity index (χ0n) is 12.4. The van der Waals surface area contributed by atoms with E-state index in [-0.39, 0.29) is 4.75 Å². The number of likely N-dealkylation sites (tertiary alicyclic amines) is 1. The third-order valence-electron chi connectivity index (χ3n) is 4.78. The Morgan fingerprint density at radius 3 is 2.81 bits per heavy atom. The number of hydrogen-bond donors (Lipinski definition) is 1. The average molecular weight is 322 g/mol. The summed E-state index contributed by atoms with van der Waals surface area (Å²) in [7, 11) is 0. The first-order valence-electron chi connectivity index (χ1n) is 7.44. The number of hydrogen-bond acceptors (Lipinski definition) is 4. The molecular formula is C16H22N2OS2. The van der Waals surface area contributed by atoms with Gasteiger partial charge in [0.25, 0.3) is 0 Å². The highest BCUT2D eigenvalue weighted by Gasteiger charge is 2.37. The molecule has 1 unspecified atom stereocenters. The summed E-state index contributed by atoms with van der Waals surface area (Å²) >= 11 is 7.10. The van der Waals surface area contributed by atoms with Crippen LogP contribution >= 0.6 is 24.0 Å². The molecule has 2 aliphatic heterocycles. The van der Waals surface area contributed by atoms with Gasteiger partial charge in [-0.25, -0.2) is 0 Å².